The first kappa shape index (κ1) is 18.5. The lowest BCUT2D eigenvalue weighted by Crippen LogP contribution is -2.34. The van der Waals surface area contributed by atoms with Gasteiger partial charge in [-0.05, 0) is 35.4 Å². The molecule has 27 heavy (non-hydrogen) atoms. The molecule has 3 rings (SSSR count). The van der Waals surface area contributed by atoms with Gasteiger partial charge in [0.15, 0.2) is 0 Å². The number of hydrogen-bond donors (Lipinski definition) is 3. The molecular weight excluding hydrogens is 338 g/mol. The van der Waals surface area contributed by atoms with Gasteiger partial charge in [0, 0.05) is 18.7 Å². The van der Waals surface area contributed by atoms with E-state index in [1.807, 2.05) is 49.4 Å². The Kier molecular flexibility index (Phi) is 6.05. The molecule has 0 aliphatic rings. The Bertz CT molecular complexity index is 920. The summed E-state index contributed by atoms with van der Waals surface area (Å²) in [6.07, 6.45) is 0.220. The molecule has 3 aromatic carbocycles. The van der Waals surface area contributed by atoms with Crippen LogP contribution in [0.25, 0.3) is 10.8 Å². The van der Waals surface area contributed by atoms with Crippen molar-refractivity contribution in [1.29, 1.82) is 0 Å². The number of amides is 3. The van der Waals surface area contributed by atoms with Gasteiger partial charge in [0.2, 0.25) is 5.91 Å². The highest BCUT2D eigenvalue weighted by Crippen LogP contribution is 2.23. The maximum Gasteiger partial charge on any atom is 0.319 e. The molecule has 0 aromatic heterocycles. The van der Waals surface area contributed by atoms with Crippen LogP contribution in [0, 0.1) is 0 Å². The summed E-state index contributed by atoms with van der Waals surface area (Å²) in [7, 11) is 0. The Morgan fingerprint density at radius 1 is 0.889 bits per heavy atom. The van der Waals surface area contributed by atoms with Crippen molar-refractivity contribution in [1.82, 2.24) is 10.6 Å². The van der Waals surface area contributed by atoms with E-state index in [0.717, 1.165) is 16.3 Å². The molecule has 138 valence electrons. The van der Waals surface area contributed by atoms with E-state index in [2.05, 4.69) is 34.1 Å². The largest absolute Gasteiger partial charge is 0.350 e. The van der Waals surface area contributed by atoms with E-state index in [-0.39, 0.29) is 30.9 Å². The molecular formula is C22H23N3O2. The van der Waals surface area contributed by atoms with Gasteiger partial charge in [0.05, 0.1) is 6.04 Å². The topological polar surface area (TPSA) is 70.2 Å². The van der Waals surface area contributed by atoms with Crippen LogP contribution in [0.1, 0.15) is 24.9 Å². The van der Waals surface area contributed by atoms with Gasteiger partial charge in [-0.15, -0.1) is 0 Å². The van der Waals surface area contributed by atoms with Gasteiger partial charge in [-0.2, -0.15) is 0 Å². The molecule has 3 N–H and O–H groups in total. The highest BCUT2D eigenvalue weighted by atomic mass is 16.2. The molecule has 0 saturated heterocycles. The van der Waals surface area contributed by atoms with E-state index in [9.17, 15) is 9.59 Å². The van der Waals surface area contributed by atoms with Crippen LogP contribution in [0.4, 0.5) is 10.5 Å². The first-order valence-electron chi connectivity index (χ1n) is 9.00. The van der Waals surface area contributed by atoms with E-state index >= 15 is 0 Å². The minimum atomic E-state index is -0.323. The number of benzene rings is 3. The fourth-order valence-corrected chi connectivity index (χ4v) is 3.01. The minimum Gasteiger partial charge on any atom is -0.350 e. The van der Waals surface area contributed by atoms with E-state index in [4.69, 9.17) is 0 Å². The first-order chi connectivity index (χ1) is 13.1. The summed E-state index contributed by atoms with van der Waals surface area (Å²) in [6, 6.07) is 22.9. The average Bonchev–Trinajstić information content (AvgIpc) is 2.68. The number of rotatable bonds is 6. The van der Waals surface area contributed by atoms with Crippen LogP contribution in [0.3, 0.4) is 0 Å². The zero-order chi connectivity index (χ0) is 19.1. The van der Waals surface area contributed by atoms with E-state index < -0.39 is 0 Å². The van der Waals surface area contributed by atoms with Crippen LogP contribution in [0.15, 0.2) is 72.8 Å². The predicted molar refractivity (Wildman–Crippen MR) is 109 cm³/mol. The summed E-state index contributed by atoms with van der Waals surface area (Å²) in [5.74, 6) is -0.101. The van der Waals surface area contributed by atoms with Gasteiger partial charge >= 0.3 is 6.03 Å². The lowest BCUT2D eigenvalue weighted by Gasteiger charge is -2.17. The minimum absolute atomic E-state index is 0.101. The number of urea groups is 1. The molecule has 0 spiro atoms. The van der Waals surface area contributed by atoms with Crippen LogP contribution in [0.2, 0.25) is 0 Å². The average molecular weight is 361 g/mol. The summed E-state index contributed by atoms with van der Waals surface area (Å²) in [5.41, 5.74) is 1.79. The van der Waals surface area contributed by atoms with Crippen molar-refractivity contribution >= 4 is 28.4 Å². The number of fused-ring (bicyclic) bond motifs is 1. The quantitative estimate of drug-likeness (QED) is 0.615. The monoisotopic (exact) mass is 361 g/mol. The number of hydrogen-bond acceptors (Lipinski definition) is 2. The Morgan fingerprint density at radius 2 is 1.59 bits per heavy atom. The number of carbonyl (C=O) groups is 2. The fraction of sp³-hybridized carbons (Fsp3) is 0.182. The van der Waals surface area contributed by atoms with Gasteiger partial charge in [0.25, 0.3) is 0 Å². The fourth-order valence-electron chi connectivity index (χ4n) is 3.01. The summed E-state index contributed by atoms with van der Waals surface area (Å²) in [4.78, 5) is 24.0. The van der Waals surface area contributed by atoms with Gasteiger partial charge in [-0.3, -0.25) is 4.79 Å². The first-order valence-corrected chi connectivity index (χ1v) is 9.00. The number of para-hydroxylation sites is 1. The molecule has 0 unspecified atom stereocenters. The molecule has 0 radical (unpaired) electrons. The van der Waals surface area contributed by atoms with Crippen LogP contribution in [0.5, 0.6) is 0 Å². The number of anilines is 1. The second-order valence-electron chi connectivity index (χ2n) is 6.35. The molecule has 5 nitrogen and oxygen atoms in total. The molecule has 0 aliphatic carbocycles. The van der Waals surface area contributed by atoms with Crippen molar-refractivity contribution in [2.45, 2.75) is 19.4 Å². The molecule has 5 heteroatoms. The van der Waals surface area contributed by atoms with Crippen molar-refractivity contribution < 1.29 is 9.59 Å². The molecule has 3 aromatic rings. The normalized spacial score (nSPS) is 11.6. The summed E-state index contributed by atoms with van der Waals surface area (Å²) < 4.78 is 0. The standard InChI is InChI=1S/C22H23N3O2/c1-16(19-13-7-9-17-8-5-6-12-20(17)19)24-21(26)14-15-23-22(27)25-18-10-3-2-4-11-18/h2-13,16H,14-15H2,1H3,(H,24,26)(H2,23,25,27)/t16-/m0/s1. The zero-order valence-electron chi connectivity index (χ0n) is 15.2. The summed E-state index contributed by atoms with van der Waals surface area (Å²) in [5, 5.41) is 10.7. The van der Waals surface area contributed by atoms with Gasteiger partial charge < -0.3 is 16.0 Å². The third-order valence-corrected chi connectivity index (χ3v) is 4.34. The van der Waals surface area contributed by atoms with Crippen LogP contribution in [-0.2, 0) is 4.79 Å². The summed E-state index contributed by atoms with van der Waals surface area (Å²) >= 11 is 0. The smallest absolute Gasteiger partial charge is 0.319 e. The Morgan fingerprint density at radius 3 is 2.41 bits per heavy atom. The molecule has 0 heterocycles. The zero-order valence-corrected chi connectivity index (χ0v) is 15.2. The number of carbonyl (C=O) groups excluding carboxylic acids is 2. The molecule has 0 bridgehead atoms. The van der Waals surface area contributed by atoms with Crippen molar-refractivity contribution in [3.63, 3.8) is 0 Å². The van der Waals surface area contributed by atoms with Crippen LogP contribution in [-0.4, -0.2) is 18.5 Å². The predicted octanol–water partition coefficient (Wildman–Crippen LogP) is 4.23. The molecule has 1 atom stereocenters. The van der Waals surface area contributed by atoms with Crippen molar-refractivity contribution in [3.8, 4) is 0 Å². The molecule has 0 aliphatic heterocycles. The molecule has 0 saturated carbocycles. The third kappa shape index (κ3) is 5.07. The van der Waals surface area contributed by atoms with Gasteiger partial charge in [0.1, 0.15) is 0 Å². The highest BCUT2D eigenvalue weighted by Gasteiger charge is 2.12. The van der Waals surface area contributed by atoms with Gasteiger partial charge in [-0.1, -0.05) is 60.7 Å². The maximum absolute atomic E-state index is 12.2. The Balaban J connectivity index is 1.48. The van der Waals surface area contributed by atoms with Crippen LogP contribution >= 0.6 is 0 Å². The third-order valence-electron chi connectivity index (χ3n) is 4.34. The Hall–Kier alpha value is -3.34. The van der Waals surface area contributed by atoms with Gasteiger partial charge in [-0.25, -0.2) is 4.79 Å². The SMILES string of the molecule is C[C@H](NC(=O)CCNC(=O)Nc1ccccc1)c1cccc2ccccc12. The van der Waals surface area contributed by atoms with E-state index in [1.165, 1.54) is 0 Å². The highest BCUT2D eigenvalue weighted by molar-refractivity contribution is 5.89. The lowest BCUT2D eigenvalue weighted by atomic mass is 9.99. The summed E-state index contributed by atoms with van der Waals surface area (Å²) in [6.45, 7) is 2.24. The molecule has 0 fully saturated rings. The second-order valence-corrected chi connectivity index (χ2v) is 6.35. The maximum atomic E-state index is 12.2. The van der Waals surface area contributed by atoms with Crippen molar-refractivity contribution in [2.24, 2.45) is 0 Å². The van der Waals surface area contributed by atoms with E-state index in [1.54, 1.807) is 12.1 Å². The number of nitrogens with one attached hydrogen (secondary N) is 3. The van der Waals surface area contributed by atoms with Crippen LogP contribution < -0.4 is 16.0 Å². The van der Waals surface area contributed by atoms with Crippen molar-refractivity contribution in [2.75, 3.05) is 11.9 Å². The molecule has 3 amide bonds. The van der Waals surface area contributed by atoms with E-state index in [0.29, 0.717) is 5.69 Å². The lowest BCUT2D eigenvalue weighted by molar-refractivity contribution is -0.121. The Labute approximate surface area is 158 Å². The second kappa shape index (κ2) is 8.85. The van der Waals surface area contributed by atoms with Crippen molar-refractivity contribution in [3.05, 3.63) is 78.4 Å².